The second kappa shape index (κ2) is 11.9. The Hall–Kier alpha value is -6.38. The summed E-state index contributed by atoms with van der Waals surface area (Å²) in [5.74, 6) is 1.96. The summed E-state index contributed by atoms with van der Waals surface area (Å²) in [5, 5.41) is 0. The minimum atomic E-state index is -0.414. The highest BCUT2D eigenvalue weighted by Crippen LogP contribution is 2.68. The van der Waals surface area contributed by atoms with E-state index in [4.69, 9.17) is 4.74 Å². The molecular formula is C50H37NO. The second-order valence-corrected chi connectivity index (χ2v) is 14.3. The molecule has 1 heterocycles. The van der Waals surface area contributed by atoms with Gasteiger partial charge in [-0.1, -0.05) is 153 Å². The van der Waals surface area contributed by atoms with Crippen molar-refractivity contribution in [3.8, 4) is 39.1 Å². The molecule has 0 saturated heterocycles. The molecule has 2 atom stereocenters. The first-order valence-electron chi connectivity index (χ1n) is 18.2. The van der Waals surface area contributed by atoms with Gasteiger partial charge >= 0.3 is 0 Å². The molecule has 0 radical (unpaired) electrons. The number of hydrogen-bond donors (Lipinski definition) is 0. The highest BCUT2D eigenvalue weighted by atomic mass is 16.5. The number of rotatable bonds is 5. The number of anilines is 3. The summed E-state index contributed by atoms with van der Waals surface area (Å²) in [7, 11) is 0. The predicted molar refractivity (Wildman–Crippen MR) is 214 cm³/mol. The van der Waals surface area contributed by atoms with Crippen LogP contribution in [0.4, 0.5) is 17.1 Å². The van der Waals surface area contributed by atoms with E-state index in [9.17, 15) is 0 Å². The third-order valence-electron chi connectivity index (χ3n) is 11.5. The predicted octanol–water partition coefficient (Wildman–Crippen LogP) is 13.0. The quantitative estimate of drug-likeness (QED) is 0.181. The van der Waals surface area contributed by atoms with Crippen LogP contribution in [-0.2, 0) is 5.41 Å². The number of benzene rings is 7. The molecule has 0 amide bonds. The topological polar surface area (TPSA) is 12.5 Å². The van der Waals surface area contributed by atoms with Crippen LogP contribution in [0, 0.1) is 5.41 Å². The molecule has 2 unspecified atom stereocenters. The molecule has 2 heteroatoms. The first kappa shape index (κ1) is 30.4. The van der Waals surface area contributed by atoms with Gasteiger partial charge in [0.15, 0.2) is 0 Å². The van der Waals surface area contributed by atoms with Crippen LogP contribution in [0.2, 0.25) is 0 Å². The first-order valence-corrected chi connectivity index (χ1v) is 18.2. The molecule has 3 aliphatic rings. The monoisotopic (exact) mass is 667 g/mol. The molecule has 52 heavy (non-hydrogen) atoms. The van der Waals surface area contributed by atoms with E-state index in [1.165, 1.54) is 50.1 Å². The fourth-order valence-electron chi connectivity index (χ4n) is 9.12. The normalized spacial score (nSPS) is 19.1. The van der Waals surface area contributed by atoms with E-state index >= 15 is 0 Å². The van der Waals surface area contributed by atoms with Crippen LogP contribution in [-0.4, -0.2) is 0 Å². The Bertz CT molecular complexity index is 2430. The molecule has 0 N–H and O–H groups in total. The molecule has 10 rings (SSSR count). The van der Waals surface area contributed by atoms with Gasteiger partial charge in [-0.15, -0.1) is 0 Å². The first-order chi connectivity index (χ1) is 25.6. The van der Waals surface area contributed by atoms with Crippen molar-refractivity contribution in [3.63, 3.8) is 0 Å². The lowest BCUT2D eigenvalue weighted by molar-refractivity contribution is 0.153. The van der Waals surface area contributed by atoms with Crippen LogP contribution < -0.4 is 9.64 Å². The molecule has 2 nitrogen and oxygen atoms in total. The van der Waals surface area contributed by atoms with Gasteiger partial charge in [-0.25, -0.2) is 0 Å². The number of nitrogens with zero attached hydrogens (tertiary/aromatic N) is 1. The van der Waals surface area contributed by atoms with Gasteiger partial charge in [0.2, 0.25) is 0 Å². The Balaban J connectivity index is 1.17. The number of fused-ring (bicyclic) bond motifs is 9. The van der Waals surface area contributed by atoms with Crippen molar-refractivity contribution in [1.29, 1.82) is 0 Å². The Morgan fingerprint density at radius 2 is 1.00 bits per heavy atom. The Labute approximate surface area is 305 Å². The summed E-state index contributed by atoms with van der Waals surface area (Å²) in [6.07, 6.45) is 7.51. The summed E-state index contributed by atoms with van der Waals surface area (Å²) >= 11 is 0. The van der Waals surface area contributed by atoms with Gasteiger partial charge in [0.1, 0.15) is 11.5 Å². The smallest absolute Gasteiger partial charge is 0.131 e. The van der Waals surface area contributed by atoms with E-state index in [1.54, 1.807) is 0 Å². The maximum absolute atomic E-state index is 6.72. The number of para-hydroxylation sites is 1. The Morgan fingerprint density at radius 1 is 0.481 bits per heavy atom. The zero-order chi connectivity index (χ0) is 34.7. The fraction of sp³-hybridized carbons (Fsp3) is 0.0800. The van der Waals surface area contributed by atoms with Crippen molar-refractivity contribution in [2.45, 2.75) is 18.8 Å². The Morgan fingerprint density at radius 3 is 1.65 bits per heavy atom. The van der Waals surface area contributed by atoms with Gasteiger partial charge in [0.05, 0.1) is 5.41 Å². The molecule has 248 valence electrons. The highest BCUT2D eigenvalue weighted by molar-refractivity contribution is 5.90. The minimum Gasteiger partial charge on any atom is -0.461 e. The fourth-order valence-corrected chi connectivity index (χ4v) is 9.12. The molecule has 7 aromatic carbocycles. The van der Waals surface area contributed by atoms with E-state index in [2.05, 4.69) is 206 Å². The third kappa shape index (κ3) is 4.44. The highest BCUT2D eigenvalue weighted by Gasteiger charge is 2.61. The van der Waals surface area contributed by atoms with Gasteiger partial charge in [-0.3, -0.25) is 0 Å². The lowest BCUT2D eigenvalue weighted by Crippen LogP contribution is -2.50. The average molecular weight is 668 g/mol. The SMILES string of the molecule is CC12CC=CC=C1Oc1ccccc1C21c2ccccc2-c2cc(N(c3ccc(-c4ccccc4)cc3)c3ccc(-c4ccccc4)cc3)ccc21. The minimum absolute atomic E-state index is 0.306. The summed E-state index contributed by atoms with van der Waals surface area (Å²) in [6.45, 7) is 2.40. The van der Waals surface area contributed by atoms with E-state index in [0.717, 1.165) is 35.0 Å². The van der Waals surface area contributed by atoms with Crippen molar-refractivity contribution in [1.82, 2.24) is 0 Å². The van der Waals surface area contributed by atoms with Crippen molar-refractivity contribution in [2.75, 3.05) is 4.90 Å². The van der Waals surface area contributed by atoms with E-state index in [0.29, 0.717) is 0 Å². The molecule has 7 aromatic rings. The molecule has 0 aromatic heterocycles. The molecule has 0 saturated carbocycles. The van der Waals surface area contributed by atoms with Gasteiger partial charge < -0.3 is 9.64 Å². The summed E-state index contributed by atoms with van der Waals surface area (Å²) in [4.78, 5) is 2.39. The van der Waals surface area contributed by atoms with Crippen molar-refractivity contribution < 1.29 is 4.74 Å². The van der Waals surface area contributed by atoms with Gasteiger partial charge in [0, 0.05) is 28.0 Å². The van der Waals surface area contributed by atoms with Gasteiger partial charge in [-0.2, -0.15) is 0 Å². The lowest BCUT2D eigenvalue weighted by Gasteiger charge is -2.53. The average Bonchev–Trinajstić information content (AvgIpc) is 3.51. The van der Waals surface area contributed by atoms with Crippen molar-refractivity contribution >= 4 is 17.1 Å². The van der Waals surface area contributed by atoms with Crippen molar-refractivity contribution in [2.24, 2.45) is 5.41 Å². The lowest BCUT2D eigenvalue weighted by atomic mass is 9.52. The second-order valence-electron chi connectivity index (χ2n) is 14.3. The number of hydrogen-bond acceptors (Lipinski definition) is 2. The van der Waals surface area contributed by atoms with Crippen LogP contribution in [0.25, 0.3) is 33.4 Å². The van der Waals surface area contributed by atoms with Crippen LogP contribution in [0.5, 0.6) is 5.75 Å². The molecular weight excluding hydrogens is 631 g/mol. The zero-order valence-electron chi connectivity index (χ0n) is 29.0. The van der Waals surface area contributed by atoms with Gasteiger partial charge in [-0.05, 0) is 99.5 Å². The van der Waals surface area contributed by atoms with Crippen molar-refractivity contribution in [3.05, 3.63) is 217 Å². The van der Waals surface area contributed by atoms with Gasteiger partial charge in [0.25, 0.3) is 0 Å². The standard InChI is InChI=1S/C50H37NO/c1-49-33-13-12-22-48(49)52-47-21-11-10-20-46(47)50(49)44-19-9-8-18-42(44)43-34-41(31-32-45(43)50)51(39-27-23-37(24-28-39)35-14-4-2-5-15-35)40-29-25-38(26-30-40)36-16-6-3-7-17-36/h2-32,34H,33H2,1H3. The largest absolute Gasteiger partial charge is 0.461 e. The van der Waals surface area contributed by atoms with Crippen LogP contribution >= 0.6 is 0 Å². The van der Waals surface area contributed by atoms with Crippen LogP contribution in [0.1, 0.15) is 30.0 Å². The van der Waals surface area contributed by atoms with E-state index in [1.807, 2.05) is 0 Å². The zero-order valence-corrected chi connectivity index (χ0v) is 29.0. The third-order valence-corrected chi connectivity index (χ3v) is 11.5. The summed E-state index contributed by atoms with van der Waals surface area (Å²) < 4.78 is 6.72. The van der Waals surface area contributed by atoms with Crippen LogP contribution in [0.3, 0.4) is 0 Å². The molecule has 1 spiro atoms. The maximum atomic E-state index is 6.72. The molecule has 0 fully saturated rings. The number of allylic oxidation sites excluding steroid dienone is 4. The van der Waals surface area contributed by atoms with Crippen LogP contribution in [0.15, 0.2) is 200 Å². The molecule has 1 aliphatic heterocycles. The summed E-state index contributed by atoms with van der Waals surface area (Å²) in [5.41, 5.74) is 13.9. The molecule has 0 bridgehead atoms. The number of ether oxygens (including phenoxy) is 1. The van der Waals surface area contributed by atoms with E-state index < -0.39 is 5.41 Å². The Kier molecular flexibility index (Phi) is 6.94. The molecule has 2 aliphatic carbocycles. The maximum Gasteiger partial charge on any atom is 0.131 e. The summed E-state index contributed by atoms with van der Waals surface area (Å²) in [6, 6.07) is 64.0. The van der Waals surface area contributed by atoms with E-state index in [-0.39, 0.29) is 5.41 Å².